The number of likely N-dealkylation sites (tertiary alicyclic amines) is 1. The zero-order chi connectivity index (χ0) is 26.6. The molecule has 2 aliphatic heterocycles. The predicted molar refractivity (Wildman–Crippen MR) is 142 cm³/mol. The van der Waals surface area contributed by atoms with Crippen LogP contribution in [-0.4, -0.2) is 52.8 Å². The van der Waals surface area contributed by atoms with E-state index in [0.29, 0.717) is 37.5 Å². The van der Waals surface area contributed by atoms with Crippen LogP contribution >= 0.6 is 0 Å². The summed E-state index contributed by atoms with van der Waals surface area (Å²) in [5.41, 5.74) is 1.27. The Morgan fingerprint density at radius 3 is 2.46 bits per heavy atom. The van der Waals surface area contributed by atoms with Crippen LogP contribution in [0.4, 0.5) is 0 Å². The van der Waals surface area contributed by atoms with Crippen molar-refractivity contribution in [2.24, 2.45) is 5.92 Å². The standard InChI is InChI=1S/C29H40N4O4/c1-5-6-15-32-27(34)25(18-21(2)3)30-28(35)29(32)13-16-31(17-14-29)20-23-8-10-24(11-9-23)37-26-12-7-22(4)19-33(26)36/h7-12,19,21,25H,5-6,13-18,20H2,1-4H3,(H,30,35). The molecule has 1 aromatic carbocycles. The van der Waals surface area contributed by atoms with Gasteiger partial charge >= 0.3 is 5.88 Å². The van der Waals surface area contributed by atoms with Crippen molar-refractivity contribution in [3.8, 4) is 11.6 Å². The molecule has 0 aliphatic carbocycles. The second-order valence-corrected chi connectivity index (χ2v) is 10.9. The van der Waals surface area contributed by atoms with E-state index in [-0.39, 0.29) is 17.7 Å². The first-order valence-corrected chi connectivity index (χ1v) is 13.5. The molecule has 2 aliphatic rings. The Balaban J connectivity index is 1.38. The molecule has 0 saturated carbocycles. The van der Waals surface area contributed by atoms with Crippen LogP contribution in [0, 0.1) is 18.0 Å². The van der Waals surface area contributed by atoms with Crippen molar-refractivity contribution in [2.45, 2.75) is 77.9 Å². The van der Waals surface area contributed by atoms with E-state index in [2.05, 4.69) is 31.0 Å². The van der Waals surface area contributed by atoms with Crippen LogP contribution < -0.4 is 14.8 Å². The maximum absolute atomic E-state index is 13.4. The van der Waals surface area contributed by atoms with Gasteiger partial charge in [0.05, 0.1) is 6.07 Å². The second kappa shape index (κ2) is 11.5. The molecule has 0 bridgehead atoms. The number of ether oxygens (including phenoxy) is 1. The summed E-state index contributed by atoms with van der Waals surface area (Å²) >= 11 is 0. The van der Waals surface area contributed by atoms with Crippen LogP contribution in [0.1, 0.15) is 64.0 Å². The lowest BCUT2D eigenvalue weighted by atomic mass is 9.80. The van der Waals surface area contributed by atoms with Gasteiger partial charge in [0.2, 0.25) is 11.8 Å². The number of nitrogens with one attached hydrogen (secondary N) is 1. The normalized spacial score (nSPS) is 19.9. The maximum atomic E-state index is 13.4. The molecule has 2 aromatic rings. The largest absolute Gasteiger partial charge is 0.616 e. The molecule has 37 heavy (non-hydrogen) atoms. The molecule has 2 fully saturated rings. The highest BCUT2D eigenvalue weighted by Gasteiger charge is 2.53. The summed E-state index contributed by atoms with van der Waals surface area (Å²) in [4.78, 5) is 31.1. The first kappa shape index (κ1) is 26.9. The molecule has 1 unspecified atom stereocenters. The molecule has 1 aromatic heterocycles. The van der Waals surface area contributed by atoms with E-state index in [1.165, 1.54) is 6.20 Å². The number of hydrogen-bond acceptors (Lipinski definition) is 5. The number of aromatic nitrogens is 1. The van der Waals surface area contributed by atoms with E-state index in [1.54, 1.807) is 6.07 Å². The SMILES string of the molecule is CCCCN1C(=O)C(CC(C)C)NC(=O)C12CCN(Cc1ccc(Oc3ccc(C)c[n+]3[O-])cc1)CC2. The van der Waals surface area contributed by atoms with Gasteiger partial charge in [-0.15, -0.1) is 4.73 Å². The van der Waals surface area contributed by atoms with Gasteiger partial charge in [0.1, 0.15) is 17.3 Å². The predicted octanol–water partition coefficient (Wildman–Crippen LogP) is 3.93. The number of piperazine rings is 1. The number of carbonyl (C=O) groups is 2. The van der Waals surface area contributed by atoms with Crippen molar-refractivity contribution in [1.29, 1.82) is 0 Å². The fourth-order valence-electron chi connectivity index (χ4n) is 5.41. The third kappa shape index (κ3) is 6.06. The lowest BCUT2D eigenvalue weighted by Crippen LogP contribution is -2.73. The molecule has 4 rings (SSSR count). The molecule has 8 heteroatoms. The molecule has 1 spiro atoms. The maximum Gasteiger partial charge on any atom is 0.384 e. The summed E-state index contributed by atoms with van der Waals surface area (Å²) in [6, 6.07) is 10.8. The van der Waals surface area contributed by atoms with E-state index < -0.39 is 11.6 Å². The lowest BCUT2D eigenvalue weighted by molar-refractivity contribution is -0.611. The van der Waals surface area contributed by atoms with Crippen LogP contribution in [0.2, 0.25) is 0 Å². The zero-order valence-electron chi connectivity index (χ0n) is 22.5. The van der Waals surface area contributed by atoms with Crippen LogP contribution in [0.25, 0.3) is 0 Å². The Kier molecular flexibility index (Phi) is 8.37. The topological polar surface area (TPSA) is 88.8 Å². The Hall–Kier alpha value is -3.13. The van der Waals surface area contributed by atoms with Crippen LogP contribution in [0.3, 0.4) is 0 Å². The minimum atomic E-state index is -0.740. The van der Waals surface area contributed by atoms with E-state index in [1.807, 2.05) is 42.2 Å². The van der Waals surface area contributed by atoms with Crippen molar-refractivity contribution >= 4 is 11.8 Å². The third-order valence-corrected chi connectivity index (χ3v) is 7.51. The van der Waals surface area contributed by atoms with Gasteiger partial charge in [0.15, 0.2) is 6.20 Å². The van der Waals surface area contributed by atoms with E-state index in [9.17, 15) is 14.8 Å². The number of rotatable bonds is 9. The zero-order valence-corrected chi connectivity index (χ0v) is 22.5. The van der Waals surface area contributed by atoms with E-state index >= 15 is 0 Å². The fraction of sp³-hybridized carbons (Fsp3) is 0.552. The minimum Gasteiger partial charge on any atom is -0.616 e. The average Bonchev–Trinajstić information content (AvgIpc) is 2.86. The number of benzene rings is 1. The Morgan fingerprint density at radius 2 is 1.84 bits per heavy atom. The molecule has 200 valence electrons. The van der Waals surface area contributed by atoms with Crippen LogP contribution in [-0.2, 0) is 16.1 Å². The number of nitrogens with zero attached hydrogens (tertiary/aromatic N) is 3. The molecule has 2 saturated heterocycles. The highest BCUT2D eigenvalue weighted by atomic mass is 16.6. The quantitative estimate of drug-likeness (QED) is 0.410. The van der Waals surface area contributed by atoms with Gasteiger partial charge in [-0.1, -0.05) is 39.3 Å². The smallest absolute Gasteiger partial charge is 0.384 e. The molecular formula is C29H40N4O4. The molecule has 1 atom stereocenters. The molecule has 3 heterocycles. The number of amides is 2. The summed E-state index contributed by atoms with van der Waals surface area (Å²) in [6.45, 7) is 11.0. The number of pyridine rings is 1. The number of hydrogen-bond donors (Lipinski definition) is 1. The van der Waals surface area contributed by atoms with Crippen molar-refractivity contribution < 1.29 is 19.1 Å². The summed E-state index contributed by atoms with van der Waals surface area (Å²) in [5.74, 6) is 1.28. The third-order valence-electron chi connectivity index (χ3n) is 7.51. The van der Waals surface area contributed by atoms with Gasteiger partial charge < -0.3 is 20.2 Å². The molecular weight excluding hydrogens is 468 g/mol. The van der Waals surface area contributed by atoms with Crippen LogP contribution in [0.5, 0.6) is 11.6 Å². The number of piperidine rings is 1. The van der Waals surface area contributed by atoms with Gasteiger partial charge in [0, 0.05) is 31.7 Å². The molecule has 8 nitrogen and oxygen atoms in total. The highest BCUT2D eigenvalue weighted by molar-refractivity contribution is 6.00. The molecule has 1 N–H and O–H groups in total. The van der Waals surface area contributed by atoms with Gasteiger partial charge in [0.25, 0.3) is 0 Å². The van der Waals surface area contributed by atoms with Crippen molar-refractivity contribution in [3.05, 3.63) is 58.9 Å². The Labute approximate surface area is 220 Å². The first-order valence-electron chi connectivity index (χ1n) is 13.5. The second-order valence-electron chi connectivity index (χ2n) is 10.9. The summed E-state index contributed by atoms with van der Waals surface area (Å²) < 4.78 is 6.47. The monoisotopic (exact) mass is 508 g/mol. The lowest BCUT2D eigenvalue weighted by Gasteiger charge is -2.52. The van der Waals surface area contributed by atoms with Gasteiger partial charge in [-0.3, -0.25) is 14.5 Å². The fourth-order valence-corrected chi connectivity index (χ4v) is 5.41. The van der Waals surface area contributed by atoms with Gasteiger partial charge in [-0.05, 0) is 62.3 Å². The molecule has 2 amide bonds. The summed E-state index contributed by atoms with van der Waals surface area (Å²) in [7, 11) is 0. The first-order chi connectivity index (χ1) is 17.7. The van der Waals surface area contributed by atoms with E-state index in [4.69, 9.17) is 4.74 Å². The summed E-state index contributed by atoms with van der Waals surface area (Å²) in [5, 5.41) is 15.1. The number of carbonyl (C=O) groups excluding carboxylic acids is 2. The van der Waals surface area contributed by atoms with Crippen molar-refractivity contribution in [1.82, 2.24) is 15.1 Å². The minimum absolute atomic E-state index is 0.0155. The van der Waals surface area contributed by atoms with E-state index in [0.717, 1.165) is 48.3 Å². The highest BCUT2D eigenvalue weighted by Crippen LogP contribution is 2.35. The van der Waals surface area contributed by atoms with Gasteiger partial charge in [-0.25, -0.2) is 0 Å². The summed E-state index contributed by atoms with van der Waals surface area (Å²) in [6.07, 6.45) is 5.33. The number of unbranched alkanes of at least 4 members (excludes halogenated alkanes) is 1. The van der Waals surface area contributed by atoms with Crippen molar-refractivity contribution in [2.75, 3.05) is 19.6 Å². The Morgan fingerprint density at radius 1 is 1.14 bits per heavy atom. The van der Waals surface area contributed by atoms with Gasteiger partial charge in [-0.2, -0.15) is 0 Å². The molecule has 0 radical (unpaired) electrons. The number of aryl methyl sites for hydroxylation is 1. The van der Waals surface area contributed by atoms with Crippen molar-refractivity contribution in [3.63, 3.8) is 0 Å². The average molecular weight is 509 g/mol. The van der Waals surface area contributed by atoms with Crippen LogP contribution in [0.15, 0.2) is 42.6 Å². The Bertz CT molecular complexity index is 1090.